The maximum Gasteiger partial charge on any atom is 0.164 e. The van der Waals surface area contributed by atoms with Crippen LogP contribution in [0.1, 0.15) is 8.22 Å². The summed E-state index contributed by atoms with van der Waals surface area (Å²) in [6.45, 7) is 0. The van der Waals surface area contributed by atoms with Crippen molar-refractivity contribution < 1.29 is 12.6 Å². The third kappa shape index (κ3) is 5.45. The van der Waals surface area contributed by atoms with Gasteiger partial charge in [-0.2, -0.15) is 0 Å². The van der Waals surface area contributed by atoms with E-state index in [1.165, 1.54) is 0 Å². The molecular formula is C45H29N3O. The highest BCUT2D eigenvalue weighted by Crippen LogP contribution is 2.40. The van der Waals surface area contributed by atoms with Gasteiger partial charge in [-0.25, -0.2) is 15.0 Å². The van der Waals surface area contributed by atoms with Crippen molar-refractivity contribution in [3.05, 3.63) is 176 Å². The molecule has 0 aliphatic carbocycles. The van der Waals surface area contributed by atoms with Crippen molar-refractivity contribution in [1.29, 1.82) is 0 Å². The molecule has 7 aromatic carbocycles. The summed E-state index contributed by atoms with van der Waals surface area (Å²) in [5.74, 6) is 0.764. The smallest absolute Gasteiger partial charge is 0.164 e. The highest BCUT2D eigenvalue weighted by molar-refractivity contribution is 6.13. The molecule has 49 heavy (non-hydrogen) atoms. The summed E-state index contributed by atoms with van der Waals surface area (Å²) in [5.41, 5.74) is 6.54. The topological polar surface area (TPSA) is 51.8 Å². The fourth-order valence-electron chi connectivity index (χ4n) is 6.04. The minimum absolute atomic E-state index is 0.00907. The zero-order chi connectivity index (χ0) is 37.8. The Morgan fingerprint density at radius 1 is 0.388 bits per heavy atom. The van der Waals surface area contributed by atoms with Gasteiger partial charge < -0.3 is 4.42 Å². The molecule has 0 saturated heterocycles. The first-order chi connectivity index (χ1) is 26.8. The van der Waals surface area contributed by atoms with E-state index in [9.17, 15) is 2.74 Å². The molecule has 4 heteroatoms. The first-order valence-electron chi connectivity index (χ1n) is 18.9. The number of aromatic nitrogens is 3. The lowest BCUT2D eigenvalue weighted by atomic mass is 9.97. The van der Waals surface area contributed by atoms with Crippen LogP contribution in [0.5, 0.6) is 0 Å². The Bertz CT molecular complexity index is 2800. The average Bonchev–Trinajstić information content (AvgIpc) is 3.64. The van der Waals surface area contributed by atoms with Crippen LogP contribution in [0.15, 0.2) is 180 Å². The van der Waals surface area contributed by atoms with Gasteiger partial charge in [0.05, 0.1) is 8.22 Å². The van der Waals surface area contributed by atoms with Gasteiger partial charge in [0.25, 0.3) is 0 Å². The van der Waals surface area contributed by atoms with Gasteiger partial charge in [0, 0.05) is 27.5 Å². The number of furan rings is 1. The van der Waals surface area contributed by atoms with E-state index in [-0.39, 0.29) is 57.5 Å². The van der Waals surface area contributed by atoms with E-state index in [4.69, 9.17) is 24.9 Å². The maximum absolute atomic E-state index is 9.72. The second kappa shape index (κ2) is 12.2. The predicted molar refractivity (Wildman–Crippen MR) is 200 cm³/mol. The highest BCUT2D eigenvalue weighted by atomic mass is 16.3. The van der Waals surface area contributed by atoms with E-state index in [1.807, 2.05) is 140 Å². The molecule has 2 aromatic heterocycles. The van der Waals surface area contributed by atoms with Gasteiger partial charge in [0.1, 0.15) is 11.2 Å². The van der Waals surface area contributed by atoms with E-state index in [0.29, 0.717) is 33.9 Å². The molecule has 4 nitrogen and oxygen atoms in total. The Kier molecular flexibility index (Phi) is 5.67. The summed E-state index contributed by atoms with van der Waals surface area (Å²) in [7, 11) is 0. The van der Waals surface area contributed by atoms with Crippen LogP contribution in [0, 0.1) is 0 Å². The second-order valence-electron chi connectivity index (χ2n) is 11.6. The van der Waals surface area contributed by atoms with Crippen LogP contribution in [-0.2, 0) is 0 Å². The summed E-state index contributed by atoms with van der Waals surface area (Å²) in [5, 5.41) is 0.372. The molecule has 0 spiro atoms. The lowest BCUT2D eigenvalue weighted by Crippen LogP contribution is -2.00. The first-order valence-corrected chi connectivity index (χ1v) is 15.9. The molecule has 0 unspecified atom stereocenters. The van der Waals surface area contributed by atoms with Crippen LogP contribution >= 0.6 is 0 Å². The summed E-state index contributed by atoms with van der Waals surface area (Å²) in [6.07, 6.45) is 0. The van der Waals surface area contributed by atoms with E-state index in [0.717, 1.165) is 22.3 Å². The van der Waals surface area contributed by atoms with Gasteiger partial charge in [0.15, 0.2) is 17.5 Å². The Morgan fingerprint density at radius 2 is 0.816 bits per heavy atom. The zero-order valence-electron chi connectivity index (χ0n) is 32.0. The van der Waals surface area contributed by atoms with Gasteiger partial charge in [-0.05, 0) is 51.5 Å². The third-order valence-electron chi connectivity index (χ3n) is 8.49. The fraction of sp³-hybridized carbons (Fsp3) is 0. The van der Waals surface area contributed by atoms with E-state index >= 15 is 0 Å². The molecule has 0 atom stereocenters. The molecule has 2 heterocycles. The summed E-state index contributed by atoms with van der Waals surface area (Å²) in [4.78, 5) is 14.7. The van der Waals surface area contributed by atoms with Crippen molar-refractivity contribution >= 4 is 21.9 Å². The molecule has 0 radical (unpaired) electrons. The third-order valence-corrected chi connectivity index (χ3v) is 8.49. The van der Waals surface area contributed by atoms with Crippen LogP contribution in [0.25, 0.3) is 89.5 Å². The number of hydrogen-bond acceptors (Lipinski definition) is 4. The molecular weight excluding hydrogens is 599 g/mol. The Hall–Kier alpha value is -6.65. The van der Waals surface area contributed by atoms with E-state index in [2.05, 4.69) is 0 Å². The van der Waals surface area contributed by atoms with Crippen LogP contribution in [0.2, 0.25) is 0 Å². The van der Waals surface area contributed by atoms with E-state index in [1.54, 1.807) is 0 Å². The first kappa shape index (κ1) is 22.8. The molecule has 0 fully saturated rings. The number of hydrogen-bond donors (Lipinski definition) is 0. The number of nitrogens with zero attached hydrogens (tertiary/aromatic N) is 3. The SMILES string of the molecule is [2H]c1c([2H])c([2H])c2c(oc3c([2H])c(-c4nc(-c5ccc(-c6ccccc6)cc5)nc(-c5ccc(-c6ccccc6)cc5)n4)c([2H])c(-c4ccccc4)c32)c1[2H]. The largest absolute Gasteiger partial charge is 0.456 e. The number of benzene rings is 7. The fourth-order valence-corrected chi connectivity index (χ4v) is 6.04. The molecule has 9 rings (SSSR count). The second-order valence-corrected chi connectivity index (χ2v) is 11.6. The molecule has 0 amide bonds. The summed E-state index contributed by atoms with van der Waals surface area (Å²) in [6, 6.07) is 43.1. The van der Waals surface area contributed by atoms with Gasteiger partial charge in [-0.3, -0.25) is 0 Å². The predicted octanol–water partition coefficient (Wildman–Crippen LogP) is 11.8. The molecule has 0 bridgehead atoms. The quantitative estimate of drug-likeness (QED) is 0.183. The lowest BCUT2D eigenvalue weighted by Gasteiger charge is -2.11. The molecule has 9 aromatic rings. The highest BCUT2D eigenvalue weighted by Gasteiger charge is 2.18. The minimum atomic E-state index is -0.445. The van der Waals surface area contributed by atoms with Crippen LogP contribution in [-0.4, -0.2) is 15.0 Å². The Balaban J connectivity index is 1.31. The minimum Gasteiger partial charge on any atom is -0.456 e. The number of para-hydroxylation sites is 1. The molecule has 230 valence electrons. The molecule has 0 saturated carbocycles. The Morgan fingerprint density at radius 3 is 1.35 bits per heavy atom. The van der Waals surface area contributed by atoms with Gasteiger partial charge in [0.2, 0.25) is 0 Å². The zero-order valence-corrected chi connectivity index (χ0v) is 26.0. The van der Waals surface area contributed by atoms with Crippen LogP contribution in [0.3, 0.4) is 0 Å². The molecule has 0 aliphatic rings. The maximum atomic E-state index is 9.72. The summed E-state index contributed by atoms with van der Waals surface area (Å²) < 4.78 is 59.6. The van der Waals surface area contributed by atoms with Gasteiger partial charge in [-0.1, -0.05) is 158 Å². The van der Waals surface area contributed by atoms with Crippen molar-refractivity contribution in [2.45, 2.75) is 0 Å². The van der Waals surface area contributed by atoms with Gasteiger partial charge >= 0.3 is 0 Å². The normalized spacial score (nSPS) is 13.0. The van der Waals surface area contributed by atoms with Crippen molar-refractivity contribution in [3.63, 3.8) is 0 Å². The van der Waals surface area contributed by atoms with E-state index < -0.39 is 12.1 Å². The average molecular weight is 634 g/mol. The number of fused-ring (bicyclic) bond motifs is 3. The van der Waals surface area contributed by atoms with Gasteiger partial charge in [-0.15, -0.1) is 0 Å². The summed E-state index contributed by atoms with van der Waals surface area (Å²) >= 11 is 0. The van der Waals surface area contributed by atoms with Crippen molar-refractivity contribution in [2.75, 3.05) is 0 Å². The van der Waals surface area contributed by atoms with Crippen molar-refractivity contribution in [1.82, 2.24) is 15.0 Å². The lowest BCUT2D eigenvalue weighted by molar-refractivity contribution is 0.669. The molecule has 0 N–H and O–H groups in total. The monoisotopic (exact) mass is 633 g/mol. The standard InChI is InChI=1S/C45H29N3O/c1-4-12-30(13-5-1)32-20-24-35(25-21-32)43-46-44(36-26-22-33(23-27-36)31-14-6-2-7-15-31)48-45(47-43)37-28-39(34-16-8-3-9-17-34)42-38-18-10-11-19-40(38)49-41(42)29-37/h1-29H/i10D,11D,18D,19D,28D,29D. The van der Waals surface area contributed by atoms with Crippen LogP contribution < -0.4 is 0 Å². The number of rotatable bonds is 6. The van der Waals surface area contributed by atoms with Crippen LogP contribution in [0.4, 0.5) is 0 Å². The van der Waals surface area contributed by atoms with Crippen molar-refractivity contribution in [3.8, 4) is 67.5 Å². The Labute approximate surface area is 292 Å². The molecule has 0 aliphatic heterocycles. The van der Waals surface area contributed by atoms with Crippen molar-refractivity contribution in [2.24, 2.45) is 0 Å².